The molecular formula is C24H28F3NO3S. The van der Waals surface area contributed by atoms with E-state index in [0.717, 1.165) is 34.4 Å². The quantitative estimate of drug-likeness (QED) is 0.608. The van der Waals surface area contributed by atoms with E-state index in [4.69, 9.17) is 0 Å². The van der Waals surface area contributed by atoms with Gasteiger partial charge in [-0.05, 0) is 67.9 Å². The molecule has 2 N–H and O–H groups in total. The summed E-state index contributed by atoms with van der Waals surface area (Å²) in [4.78, 5) is 3.72. The van der Waals surface area contributed by atoms with Crippen LogP contribution >= 0.6 is 0 Å². The number of aromatic nitrogens is 1. The van der Waals surface area contributed by atoms with Crippen molar-refractivity contribution in [2.45, 2.75) is 57.8 Å². The Morgan fingerprint density at radius 3 is 2.31 bits per heavy atom. The highest BCUT2D eigenvalue weighted by Gasteiger charge is 2.34. The second-order valence-electron chi connectivity index (χ2n) is 8.72. The number of pyridine rings is 1. The van der Waals surface area contributed by atoms with Gasteiger partial charge in [0.2, 0.25) is 0 Å². The van der Waals surface area contributed by atoms with Gasteiger partial charge in [0.15, 0.2) is 0 Å². The van der Waals surface area contributed by atoms with E-state index in [-0.39, 0.29) is 28.4 Å². The number of halogens is 3. The predicted octanol–water partition coefficient (Wildman–Crippen LogP) is 5.51. The average Bonchev–Trinajstić information content (AvgIpc) is 2.68. The Hall–Kier alpha value is -2.19. The van der Waals surface area contributed by atoms with E-state index in [9.17, 15) is 27.6 Å². The molecule has 1 heterocycles. The lowest BCUT2D eigenvalue weighted by Gasteiger charge is -2.33. The van der Waals surface area contributed by atoms with E-state index in [2.05, 4.69) is 4.98 Å². The van der Waals surface area contributed by atoms with Gasteiger partial charge in [0, 0.05) is 23.9 Å². The van der Waals surface area contributed by atoms with E-state index in [1.807, 2.05) is 39.8 Å². The van der Waals surface area contributed by atoms with Gasteiger partial charge in [-0.3, -0.25) is 4.21 Å². The average molecular weight is 468 g/mol. The third kappa shape index (κ3) is 5.23. The number of aliphatic hydroxyl groups is 2. The van der Waals surface area contributed by atoms with Crippen LogP contribution in [0.2, 0.25) is 0 Å². The molecule has 1 aliphatic carbocycles. The van der Waals surface area contributed by atoms with Gasteiger partial charge >= 0.3 is 6.18 Å². The van der Waals surface area contributed by atoms with Crippen molar-refractivity contribution in [2.75, 3.05) is 5.75 Å². The van der Waals surface area contributed by atoms with Gasteiger partial charge in [0.25, 0.3) is 0 Å². The molecule has 0 bridgehead atoms. The number of allylic oxidation sites excluding steroid dienone is 1. The van der Waals surface area contributed by atoms with Crippen LogP contribution in [0, 0.1) is 32.6 Å². The molecule has 1 aliphatic rings. The third-order valence-electron chi connectivity index (χ3n) is 6.09. The van der Waals surface area contributed by atoms with Crippen molar-refractivity contribution in [1.82, 2.24) is 4.98 Å². The van der Waals surface area contributed by atoms with Crippen LogP contribution in [0.4, 0.5) is 13.2 Å². The van der Waals surface area contributed by atoms with Crippen molar-refractivity contribution in [2.24, 2.45) is 11.8 Å². The summed E-state index contributed by atoms with van der Waals surface area (Å²) in [5.74, 6) is 0.0619. The normalized spacial score (nSPS) is 21.5. The first-order valence-corrected chi connectivity index (χ1v) is 11.8. The van der Waals surface area contributed by atoms with Crippen LogP contribution in [-0.4, -0.2) is 31.3 Å². The van der Waals surface area contributed by atoms with Crippen molar-refractivity contribution in [3.05, 3.63) is 64.0 Å². The summed E-state index contributed by atoms with van der Waals surface area (Å²) in [6.07, 6.45) is -3.90. The van der Waals surface area contributed by atoms with Crippen LogP contribution in [0.5, 0.6) is 0 Å². The molecule has 0 saturated heterocycles. The number of hydrogen-bond acceptors (Lipinski definition) is 4. The summed E-state index contributed by atoms with van der Waals surface area (Å²) >= 11 is 0. The Labute approximate surface area is 188 Å². The summed E-state index contributed by atoms with van der Waals surface area (Å²) < 4.78 is 50.8. The molecule has 4 atom stereocenters. The fourth-order valence-electron chi connectivity index (χ4n) is 4.53. The highest BCUT2D eigenvalue weighted by molar-refractivity contribution is 7.84. The monoisotopic (exact) mass is 467 g/mol. The minimum absolute atomic E-state index is 0.0903. The van der Waals surface area contributed by atoms with Crippen LogP contribution in [0.25, 0.3) is 5.57 Å². The molecule has 3 rings (SSSR count). The van der Waals surface area contributed by atoms with E-state index < -0.39 is 28.6 Å². The number of benzene rings is 1. The first-order valence-electron chi connectivity index (χ1n) is 10.5. The highest BCUT2D eigenvalue weighted by Crippen LogP contribution is 2.40. The zero-order chi connectivity index (χ0) is 23.8. The number of rotatable bonds is 5. The maximum atomic E-state index is 12.7. The van der Waals surface area contributed by atoms with Crippen molar-refractivity contribution < 1.29 is 27.6 Å². The lowest BCUT2D eigenvalue weighted by atomic mass is 9.76. The van der Waals surface area contributed by atoms with Gasteiger partial charge in [-0.15, -0.1) is 0 Å². The van der Waals surface area contributed by atoms with Gasteiger partial charge in [0.05, 0.1) is 28.2 Å². The first-order chi connectivity index (χ1) is 14.9. The Morgan fingerprint density at radius 1 is 1.19 bits per heavy atom. The second-order valence-corrected chi connectivity index (χ2v) is 10.2. The molecule has 0 fully saturated rings. The number of alkyl halides is 3. The molecule has 0 radical (unpaired) electrons. The number of hydrogen-bond donors (Lipinski definition) is 2. The number of aliphatic hydroxyl groups excluding tert-OH is 2. The zero-order valence-electron chi connectivity index (χ0n) is 18.5. The molecule has 4 unspecified atom stereocenters. The van der Waals surface area contributed by atoms with Crippen LogP contribution in [0.3, 0.4) is 0 Å². The maximum Gasteiger partial charge on any atom is 0.417 e. The van der Waals surface area contributed by atoms with Crippen LogP contribution < -0.4 is 0 Å². The summed E-state index contributed by atoms with van der Waals surface area (Å²) in [7, 11) is -1.59. The summed E-state index contributed by atoms with van der Waals surface area (Å²) in [5.41, 5.74) is 3.62. The summed E-state index contributed by atoms with van der Waals surface area (Å²) in [6.45, 7) is 7.78. The molecule has 0 spiro atoms. The van der Waals surface area contributed by atoms with Gasteiger partial charge in [-0.25, -0.2) is 4.98 Å². The Bertz CT molecular complexity index is 1020. The topological polar surface area (TPSA) is 70.4 Å². The standard InChI is InChI=1S/C24H28F3NO3S/c1-13-7-14(2)22(15(3)8-13)23-19(29)9-17(10-20(23)30)16(4)12-32(31)21-6-5-18(11-28-21)24(25,26)27/h5-8,11,16-17,19,29-30H,9-10,12H2,1-4H3. The number of nitrogens with zero attached hydrogens (tertiary/aromatic N) is 1. The molecule has 174 valence electrons. The SMILES string of the molecule is Cc1cc(C)c(C2=C(O)CC(C(C)CS(=O)c3ccc(C(F)(F)F)cn3)CC2O)c(C)c1. The summed E-state index contributed by atoms with van der Waals surface area (Å²) in [5, 5.41) is 21.8. The van der Waals surface area contributed by atoms with E-state index in [1.54, 1.807) is 0 Å². The Balaban J connectivity index is 1.75. The molecule has 32 heavy (non-hydrogen) atoms. The molecule has 1 aromatic carbocycles. The maximum absolute atomic E-state index is 12.7. The molecule has 4 nitrogen and oxygen atoms in total. The van der Waals surface area contributed by atoms with Crippen LogP contribution in [-0.2, 0) is 17.0 Å². The van der Waals surface area contributed by atoms with Gasteiger partial charge in [-0.1, -0.05) is 24.6 Å². The van der Waals surface area contributed by atoms with Crippen molar-refractivity contribution >= 4 is 16.4 Å². The zero-order valence-corrected chi connectivity index (χ0v) is 19.3. The van der Waals surface area contributed by atoms with Crippen molar-refractivity contribution in [3.8, 4) is 0 Å². The minimum atomic E-state index is -4.49. The highest BCUT2D eigenvalue weighted by atomic mass is 32.2. The van der Waals surface area contributed by atoms with Gasteiger partial charge in [0.1, 0.15) is 5.03 Å². The van der Waals surface area contributed by atoms with Crippen LogP contribution in [0.15, 0.2) is 41.2 Å². The van der Waals surface area contributed by atoms with Crippen molar-refractivity contribution in [3.63, 3.8) is 0 Å². The molecule has 0 saturated carbocycles. The lowest BCUT2D eigenvalue weighted by Crippen LogP contribution is -2.29. The van der Waals surface area contributed by atoms with E-state index in [0.29, 0.717) is 24.6 Å². The van der Waals surface area contributed by atoms with Crippen molar-refractivity contribution in [1.29, 1.82) is 0 Å². The van der Waals surface area contributed by atoms with Crippen LogP contribution in [0.1, 0.15) is 47.6 Å². The largest absolute Gasteiger partial charge is 0.512 e. The predicted molar refractivity (Wildman–Crippen MR) is 119 cm³/mol. The summed E-state index contributed by atoms with van der Waals surface area (Å²) in [6, 6.07) is 6.05. The fraction of sp³-hybridized carbons (Fsp3) is 0.458. The van der Waals surface area contributed by atoms with E-state index in [1.165, 1.54) is 0 Å². The molecule has 0 aliphatic heterocycles. The molecule has 2 aromatic rings. The fourth-order valence-corrected chi connectivity index (χ4v) is 5.84. The molecule has 1 aromatic heterocycles. The van der Waals surface area contributed by atoms with Gasteiger partial charge < -0.3 is 10.2 Å². The molecular weight excluding hydrogens is 439 g/mol. The molecule has 0 amide bonds. The number of aryl methyl sites for hydroxylation is 3. The second kappa shape index (κ2) is 9.35. The lowest BCUT2D eigenvalue weighted by molar-refractivity contribution is -0.137. The Morgan fingerprint density at radius 2 is 1.81 bits per heavy atom. The Kier molecular flexibility index (Phi) is 7.15. The third-order valence-corrected chi connectivity index (χ3v) is 7.62. The smallest absolute Gasteiger partial charge is 0.417 e. The first kappa shape index (κ1) is 24.5. The van der Waals surface area contributed by atoms with E-state index >= 15 is 0 Å². The minimum Gasteiger partial charge on any atom is -0.512 e. The molecule has 8 heteroatoms. The van der Waals surface area contributed by atoms with Gasteiger partial charge in [-0.2, -0.15) is 13.2 Å².